The molecule has 0 spiro atoms. The number of hydrogen-bond acceptors (Lipinski definition) is 1. The Morgan fingerprint density at radius 3 is 2.25 bits per heavy atom. The number of aryl methyl sites for hydroxylation is 1. The Morgan fingerprint density at radius 1 is 1.25 bits per heavy atom. The first kappa shape index (κ1) is 12.7. The van der Waals surface area contributed by atoms with Gasteiger partial charge in [-0.1, -0.05) is 39.5 Å². The minimum Gasteiger partial charge on any atom is -0.289 e. The quantitative estimate of drug-likeness (QED) is 0.538. The second-order valence-corrected chi connectivity index (χ2v) is 5.39. The minimum atomic E-state index is 0.0450. The molecular formula is C15H20O. The van der Waals surface area contributed by atoms with Gasteiger partial charge in [0.05, 0.1) is 0 Å². The normalized spacial score (nSPS) is 11.3. The molecule has 0 amide bonds. The lowest BCUT2D eigenvalue weighted by Gasteiger charge is -2.20. The van der Waals surface area contributed by atoms with Gasteiger partial charge >= 0.3 is 0 Å². The summed E-state index contributed by atoms with van der Waals surface area (Å²) < 4.78 is 0. The standard InChI is InChI=1S/C15H20O/c1-10(2)14(16)13-9-12(15(4,5)6)8-7-11(13)3/h7-9H,1H2,2-6H3. The summed E-state index contributed by atoms with van der Waals surface area (Å²) in [4.78, 5) is 11.9. The van der Waals surface area contributed by atoms with Crippen LogP contribution < -0.4 is 0 Å². The number of ketones is 1. The predicted octanol–water partition coefficient (Wildman–Crippen LogP) is 4.05. The molecule has 0 saturated heterocycles. The van der Waals surface area contributed by atoms with Crippen LogP contribution in [-0.4, -0.2) is 5.78 Å². The van der Waals surface area contributed by atoms with Crippen molar-refractivity contribution in [1.82, 2.24) is 0 Å². The van der Waals surface area contributed by atoms with E-state index in [-0.39, 0.29) is 11.2 Å². The molecule has 0 bridgehead atoms. The third-order valence-electron chi connectivity index (χ3n) is 2.74. The lowest BCUT2D eigenvalue weighted by molar-refractivity contribution is 0.103. The van der Waals surface area contributed by atoms with Crippen molar-refractivity contribution in [2.75, 3.05) is 0 Å². The third-order valence-corrected chi connectivity index (χ3v) is 2.74. The van der Waals surface area contributed by atoms with Crippen LogP contribution in [0.3, 0.4) is 0 Å². The molecule has 1 rings (SSSR count). The average Bonchev–Trinajstić information content (AvgIpc) is 2.15. The molecule has 1 aromatic carbocycles. The Bertz CT molecular complexity index is 433. The van der Waals surface area contributed by atoms with Gasteiger partial charge in [0.15, 0.2) is 5.78 Å². The van der Waals surface area contributed by atoms with Gasteiger partial charge in [0.25, 0.3) is 0 Å². The molecule has 0 heterocycles. The fourth-order valence-electron chi connectivity index (χ4n) is 1.56. The van der Waals surface area contributed by atoms with Crippen LogP contribution in [0.25, 0.3) is 0 Å². The highest BCUT2D eigenvalue weighted by Crippen LogP contribution is 2.25. The van der Waals surface area contributed by atoms with Gasteiger partial charge in [-0.25, -0.2) is 0 Å². The zero-order valence-electron chi connectivity index (χ0n) is 10.8. The molecule has 0 N–H and O–H groups in total. The van der Waals surface area contributed by atoms with E-state index < -0.39 is 0 Å². The van der Waals surface area contributed by atoms with Crippen molar-refractivity contribution in [2.24, 2.45) is 0 Å². The summed E-state index contributed by atoms with van der Waals surface area (Å²) in [6, 6.07) is 6.09. The molecule has 1 aromatic rings. The van der Waals surface area contributed by atoms with Crippen LogP contribution >= 0.6 is 0 Å². The second kappa shape index (κ2) is 4.25. The van der Waals surface area contributed by atoms with Crippen LogP contribution in [-0.2, 0) is 5.41 Å². The van der Waals surface area contributed by atoms with Crippen molar-refractivity contribution in [1.29, 1.82) is 0 Å². The van der Waals surface area contributed by atoms with E-state index in [1.54, 1.807) is 6.92 Å². The summed E-state index contributed by atoms with van der Waals surface area (Å²) in [5.74, 6) is 0.0450. The maximum atomic E-state index is 11.9. The lowest BCUT2D eigenvalue weighted by Crippen LogP contribution is -2.13. The van der Waals surface area contributed by atoms with Gasteiger partial charge in [0, 0.05) is 5.56 Å². The van der Waals surface area contributed by atoms with E-state index in [4.69, 9.17) is 0 Å². The van der Waals surface area contributed by atoms with Gasteiger partial charge in [-0.3, -0.25) is 4.79 Å². The molecule has 0 aliphatic heterocycles. The number of Topliss-reactive ketones (excluding diaryl/α,β-unsaturated/α-hetero) is 1. The summed E-state index contributed by atoms with van der Waals surface area (Å²) in [5, 5.41) is 0. The molecule has 0 saturated carbocycles. The molecular weight excluding hydrogens is 196 g/mol. The van der Waals surface area contributed by atoms with Gasteiger partial charge in [-0.2, -0.15) is 0 Å². The fraction of sp³-hybridized carbons (Fsp3) is 0.400. The Labute approximate surface area is 98.2 Å². The maximum absolute atomic E-state index is 11.9. The zero-order chi connectivity index (χ0) is 12.5. The van der Waals surface area contributed by atoms with E-state index in [9.17, 15) is 4.79 Å². The van der Waals surface area contributed by atoms with Crippen LogP contribution in [0.5, 0.6) is 0 Å². The van der Waals surface area contributed by atoms with Crippen LogP contribution in [0.15, 0.2) is 30.4 Å². The van der Waals surface area contributed by atoms with Gasteiger partial charge in [-0.05, 0) is 42.0 Å². The molecule has 0 aliphatic carbocycles. The van der Waals surface area contributed by atoms with Gasteiger partial charge in [0.2, 0.25) is 0 Å². The molecule has 0 fully saturated rings. The molecule has 16 heavy (non-hydrogen) atoms. The summed E-state index contributed by atoms with van der Waals surface area (Å²) in [7, 11) is 0. The number of carbonyl (C=O) groups excluding carboxylic acids is 1. The summed E-state index contributed by atoms with van der Waals surface area (Å²) in [6.45, 7) is 13.9. The highest BCUT2D eigenvalue weighted by atomic mass is 16.1. The monoisotopic (exact) mass is 216 g/mol. The van der Waals surface area contributed by atoms with Crippen LogP contribution in [0.4, 0.5) is 0 Å². The number of rotatable bonds is 2. The molecule has 0 radical (unpaired) electrons. The molecule has 0 aromatic heterocycles. The van der Waals surface area contributed by atoms with E-state index in [1.807, 2.05) is 19.1 Å². The average molecular weight is 216 g/mol. The number of hydrogen-bond donors (Lipinski definition) is 0. The first-order chi connectivity index (χ1) is 7.23. The highest BCUT2D eigenvalue weighted by molar-refractivity contribution is 6.08. The number of allylic oxidation sites excluding steroid dienone is 1. The van der Waals surface area contributed by atoms with Crippen LogP contribution in [0.1, 0.15) is 49.2 Å². The van der Waals surface area contributed by atoms with Crippen molar-refractivity contribution in [3.63, 3.8) is 0 Å². The minimum absolute atomic E-state index is 0.0450. The van der Waals surface area contributed by atoms with E-state index in [1.165, 1.54) is 5.56 Å². The Kier molecular flexibility index (Phi) is 3.37. The first-order valence-electron chi connectivity index (χ1n) is 5.55. The molecule has 86 valence electrons. The first-order valence-corrected chi connectivity index (χ1v) is 5.55. The lowest BCUT2D eigenvalue weighted by atomic mass is 9.84. The Hall–Kier alpha value is -1.37. The topological polar surface area (TPSA) is 17.1 Å². The Morgan fingerprint density at radius 2 is 1.81 bits per heavy atom. The maximum Gasteiger partial charge on any atom is 0.188 e. The van der Waals surface area contributed by atoms with Crippen molar-refractivity contribution in [2.45, 2.75) is 40.0 Å². The number of carbonyl (C=O) groups is 1. The largest absolute Gasteiger partial charge is 0.289 e. The van der Waals surface area contributed by atoms with Crippen LogP contribution in [0, 0.1) is 6.92 Å². The molecule has 1 nitrogen and oxygen atoms in total. The zero-order valence-corrected chi connectivity index (χ0v) is 10.8. The fourth-order valence-corrected chi connectivity index (χ4v) is 1.56. The van der Waals surface area contributed by atoms with E-state index in [0.29, 0.717) is 5.57 Å². The van der Waals surface area contributed by atoms with E-state index >= 15 is 0 Å². The van der Waals surface area contributed by atoms with Gasteiger partial charge in [-0.15, -0.1) is 0 Å². The van der Waals surface area contributed by atoms with Crippen molar-refractivity contribution < 1.29 is 4.79 Å². The smallest absolute Gasteiger partial charge is 0.188 e. The van der Waals surface area contributed by atoms with Crippen LogP contribution in [0.2, 0.25) is 0 Å². The molecule has 0 atom stereocenters. The summed E-state index contributed by atoms with van der Waals surface area (Å²) in [6.07, 6.45) is 0. The third kappa shape index (κ3) is 2.60. The van der Waals surface area contributed by atoms with Gasteiger partial charge < -0.3 is 0 Å². The van der Waals surface area contributed by atoms with Crippen molar-refractivity contribution in [3.05, 3.63) is 47.0 Å². The predicted molar refractivity (Wildman–Crippen MR) is 69.0 cm³/mol. The Balaban J connectivity index is 3.30. The van der Waals surface area contributed by atoms with E-state index in [0.717, 1.165) is 11.1 Å². The molecule has 1 heteroatoms. The van der Waals surface area contributed by atoms with E-state index in [2.05, 4.69) is 33.4 Å². The summed E-state index contributed by atoms with van der Waals surface area (Å²) in [5.41, 5.74) is 3.63. The summed E-state index contributed by atoms with van der Waals surface area (Å²) >= 11 is 0. The van der Waals surface area contributed by atoms with Crippen molar-refractivity contribution >= 4 is 5.78 Å². The second-order valence-electron chi connectivity index (χ2n) is 5.39. The number of benzene rings is 1. The molecule has 0 aliphatic rings. The van der Waals surface area contributed by atoms with Gasteiger partial charge in [0.1, 0.15) is 0 Å². The SMILES string of the molecule is C=C(C)C(=O)c1cc(C(C)(C)C)ccc1C. The van der Waals surface area contributed by atoms with Crippen molar-refractivity contribution in [3.8, 4) is 0 Å². The highest BCUT2D eigenvalue weighted by Gasteiger charge is 2.17. The molecule has 0 unspecified atom stereocenters.